The number of carboxylic acids is 1. The number of ether oxygens (including phenoxy) is 1. The van der Waals surface area contributed by atoms with E-state index < -0.39 is 5.97 Å². The third-order valence-electron chi connectivity index (χ3n) is 2.12. The highest BCUT2D eigenvalue weighted by Crippen LogP contribution is 2.11. The number of pyridine rings is 1. The molecule has 8 heteroatoms. The number of aromatic nitrogens is 4. The summed E-state index contributed by atoms with van der Waals surface area (Å²) in [5.74, 6) is -0.533. The highest BCUT2D eigenvalue weighted by Gasteiger charge is 2.12. The summed E-state index contributed by atoms with van der Waals surface area (Å²) in [6.07, 6.45) is 2.86. The van der Waals surface area contributed by atoms with Gasteiger partial charge in [0.1, 0.15) is 12.7 Å². The van der Waals surface area contributed by atoms with Gasteiger partial charge in [-0.15, -0.1) is 12.4 Å². The molecule has 0 fully saturated rings. The fourth-order valence-electron chi connectivity index (χ4n) is 1.39. The van der Waals surface area contributed by atoms with Crippen LogP contribution < -0.4 is 0 Å². The van der Waals surface area contributed by atoms with Gasteiger partial charge in [-0.05, 0) is 12.1 Å². The summed E-state index contributed by atoms with van der Waals surface area (Å²) in [4.78, 5) is 18.9. The van der Waals surface area contributed by atoms with E-state index in [1.54, 1.807) is 6.07 Å². The van der Waals surface area contributed by atoms with Crippen LogP contribution in [0.2, 0.25) is 0 Å². The van der Waals surface area contributed by atoms with Crippen LogP contribution in [0.15, 0.2) is 24.8 Å². The zero-order chi connectivity index (χ0) is 12.3. The Kier molecular flexibility index (Phi) is 4.75. The lowest BCUT2D eigenvalue weighted by Gasteiger charge is -2.06. The molecule has 0 bridgehead atoms. The Morgan fingerprint density at radius 1 is 1.50 bits per heavy atom. The molecule has 0 radical (unpaired) electrons. The van der Waals surface area contributed by atoms with Gasteiger partial charge in [0.2, 0.25) is 0 Å². The molecule has 0 amide bonds. The normalized spacial score (nSPS) is 9.83. The average Bonchev–Trinajstić information content (AvgIpc) is 2.82. The minimum atomic E-state index is -1.03. The van der Waals surface area contributed by atoms with Crippen molar-refractivity contribution in [3.8, 4) is 5.82 Å². The molecule has 0 aromatic carbocycles. The summed E-state index contributed by atoms with van der Waals surface area (Å²) in [6.45, 7) is 0.129. The Balaban J connectivity index is 0.00000162. The standard InChI is InChI=1S/C10H10N4O3.ClH/c1-17-4-8-7(10(15)16)2-3-9(13-8)14-6-11-5-12-14;/h2-3,5-6H,4H2,1H3,(H,15,16);1H. The fourth-order valence-corrected chi connectivity index (χ4v) is 1.39. The van der Waals surface area contributed by atoms with Gasteiger partial charge in [0.25, 0.3) is 0 Å². The van der Waals surface area contributed by atoms with E-state index in [2.05, 4.69) is 15.1 Å². The first-order chi connectivity index (χ1) is 8.22. The molecule has 2 aromatic rings. The lowest BCUT2D eigenvalue weighted by Crippen LogP contribution is -2.09. The van der Waals surface area contributed by atoms with Crippen molar-refractivity contribution >= 4 is 18.4 Å². The molecule has 0 unspecified atom stereocenters. The quantitative estimate of drug-likeness (QED) is 0.889. The maximum absolute atomic E-state index is 11.0. The average molecular weight is 271 g/mol. The maximum atomic E-state index is 11.0. The van der Waals surface area contributed by atoms with Gasteiger partial charge in [0, 0.05) is 7.11 Å². The van der Waals surface area contributed by atoms with Crippen molar-refractivity contribution in [2.75, 3.05) is 7.11 Å². The monoisotopic (exact) mass is 270 g/mol. The molecule has 0 saturated heterocycles. The molecule has 1 N–H and O–H groups in total. The second-order valence-corrected chi connectivity index (χ2v) is 3.24. The van der Waals surface area contributed by atoms with E-state index in [-0.39, 0.29) is 24.6 Å². The number of rotatable bonds is 4. The Bertz CT molecular complexity index is 530. The molecular weight excluding hydrogens is 260 g/mol. The number of methoxy groups -OCH3 is 1. The third kappa shape index (κ3) is 2.82. The topological polar surface area (TPSA) is 90.1 Å². The first kappa shape index (κ1) is 14.1. The number of aromatic carboxylic acids is 1. The molecule has 0 spiro atoms. The minimum absolute atomic E-state index is 0. The zero-order valence-corrected chi connectivity index (χ0v) is 10.3. The fraction of sp³-hybridized carbons (Fsp3) is 0.200. The Morgan fingerprint density at radius 3 is 2.83 bits per heavy atom. The van der Waals surface area contributed by atoms with Crippen molar-refractivity contribution in [3.05, 3.63) is 36.0 Å². The second-order valence-electron chi connectivity index (χ2n) is 3.24. The lowest BCUT2D eigenvalue weighted by atomic mass is 10.2. The van der Waals surface area contributed by atoms with Gasteiger partial charge in [0.05, 0.1) is 17.9 Å². The molecule has 0 aliphatic rings. The largest absolute Gasteiger partial charge is 0.478 e. The van der Waals surface area contributed by atoms with Gasteiger partial charge in [0.15, 0.2) is 5.82 Å². The zero-order valence-electron chi connectivity index (χ0n) is 9.48. The van der Waals surface area contributed by atoms with E-state index in [4.69, 9.17) is 9.84 Å². The predicted octanol–water partition coefficient (Wildman–Crippen LogP) is 0.929. The molecular formula is C10H11ClN4O3. The van der Waals surface area contributed by atoms with E-state index in [1.807, 2.05) is 0 Å². The van der Waals surface area contributed by atoms with Crippen molar-refractivity contribution in [2.24, 2.45) is 0 Å². The maximum Gasteiger partial charge on any atom is 0.337 e. The Hall–Kier alpha value is -1.99. The van der Waals surface area contributed by atoms with E-state index in [1.165, 1.54) is 30.5 Å². The van der Waals surface area contributed by atoms with Crippen LogP contribution in [0.4, 0.5) is 0 Å². The van der Waals surface area contributed by atoms with E-state index in [0.717, 1.165) is 0 Å². The van der Waals surface area contributed by atoms with Crippen LogP contribution >= 0.6 is 12.4 Å². The third-order valence-corrected chi connectivity index (χ3v) is 2.12. The van der Waals surface area contributed by atoms with Crippen molar-refractivity contribution in [2.45, 2.75) is 6.61 Å². The summed E-state index contributed by atoms with van der Waals surface area (Å²) in [5.41, 5.74) is 0.476. The molecule has 2 rings (SSSR count). The molecule has 2 heterocycles. The van der Waals surface area contributed by atoms with Crippen molar-refractivity contribution in [1.29, 1.82) is 0 Å². The summed E-state index contributed by atoms with van der Waals surface area (Å²) in [7, 11) is 1.48. The summed E-state index contributed by atoms with van der Waals surface area (Å²) in [5, 5.41) is 12.9. The van der Waals surface area contributed by atoms with Gasteiger partial charge in [-0.2, -0.15) is 5.10 Å². The molecule has 0 aliphatic carbocycles. The second kappa shape index (κ2) is 6.08. The molecule has 2 aromatic heterocycles. The van der Waals surface area contributed by atoms with E-state index in [0.29, 0.717) is 11.5 Å². The van der Waals surface area contributed by atoms with Crippen LogP contribution in [0.5, 0.6) is 0 Å². The first-order valence-electron chi connectivity index (χ1n) is 4.79. The number of halogens is 1. The number of hydrogen-bond acceptors (Lipinski definition) is 5. The van der Waals surface area contributed by atoms with Gasteiger partial charge in [-0.1, -0.05) is 0 Å². The molecule has 96 valence electrons. The molecule has 18 heavy (non-hydrogen) atoms. The molecule has 0 aliphatic heterocycles. The lowest BCUT2D eigenvalue weighted by molar-refractivity contribution is 0.0690. The number of carbonyl (C=O) groups is 1. The van der Waals surface area contributed by atoms with Crippen LogP contribution in [-0.4, -0.2) is 37.9 Å². The van der Waals surface area contributed by atoms with Gasteiger partial charge < -0.3 is 9.84 Å². The van der Waals surface area contributed by atoms with Crippen molar-refractivity contribution in [3.63, 3.8) is 0 Å². The van der Waals surface area contributed by atoms with Crippen molar-refractivity contribution in [1.82, 2.24) is 19.7 Å². The van der Waals surface area contributed by atoms with Gasteiger partial charge in [-0.3, -0.25) is 0 Å². The predicted molar refractivity (Wildman–Crippen MR) is 64.1 cm³/mol. The number of hydrogen-bond donors (Lipinski definition) is 1. The SMILES string of the molecule is COCc1nc(-n2cncn2)ccc1C(=O)O.Cl. The smallest absolute Gasteiger partial charge is 0.337 e. The summed E-state index contributed by atoms with van der Waals surface area (Å²) < 4.78 is 6.37. The van der Waals surface area contributed by atoms with Crippen LogP contribution in [0.25, 0.3) is 5.82 Å². The van der Waals surface area contributed by atoms with Gasteiger partial charge in [-0.25, -0.2) is 19.4 Å². The molecule has 0 saturated carbocycles. The summed E-state index contributed by atoms with van der Waals surface area (Å²) >= 11 is 0. The van der Waals surface area contributed by atoms with Crippen LogP contribution in [-0.2, 0) is 11.3 Å². The minimum Gasteiger partial charge on any atom is -0.478 e. The summed E-state index contributed by atoms with van der Waals surface area (Å²) in [6, 6.07) is 3.04. The van der Waals surface area contributed by atoms with E-state index >= 15 is 0 Å². The number of carboxylic acid groups (broad SMARTS) is 1. The van der Waals surface area contributed by atoms with Crippen LogP contribution in [0, 0.1) is 0 Å². The Labute approximate surface area is 109 Å². The molecule has 0 atom stereocenters. The Morgan fingerprint density at radius 2 is 2.28 bits per heavy atom. The van der Waals surface area contributed by atoms with Crippen molar-refractivity contribution < 1.29 is 14.6 Å². The van der Waals surface area contributed by atoms with E-state index in [9.17, 15) is 4.79 Å². The number of nitrogens with zero attached hydrogens (tertiary/aromatic N) is 4. The first-order valence-corrected chi connectivity index (χ1v) is 4.79. The highest BCUT2D eigenvalue weighted by atomic mass is 35.5. The van der Waals surface area contributed by atoms with Crippen LogP contribution in [0.1, 0.15) is 16.1 Å². The van der Waals surface area contributed by atoms with Crippen LogP contribution in [0.3, 0.4) is 0 Å². The highest BCUT2D eigenvalue weighted by molar-refractivity contribution is 5.88. The molecule has 7 nitrogen and oxygen atoms in total. The van der Waals surface area contributed by atoms with Gasteiger partial charge >= 0.3 is 5.97 Å².